The zero-order valence-corrected chi connectivity index (χ0v) is 29.2. The first-order valence-corrected chi connectivity index (χ1v) is 17.5. The summed E-state index contributed by atoms with van der Waals surface area (Å²) in [7, 11) is 1.75. The number of benzene rings is 2. The van der Waals surface area contributed by atoms with Gasteiger partial charge in [0, 0.05) is 69.5 Å². The second kappa shape index (κ2) is 14.3. The normalized spacial score (nSPS) is 18.4. The molecule has 2 aliphatic heterocycles. The van der Waals surface area contributed by atoms with Gasteiger partial charge in [0.25, 0.3) is 5.91 Å². The van der Waals surface area contributed by atoms with Crippen molar-refractivity contribution < 1.29 is 23.4 Å². The molecule has 1 atom stereocenters. The topological polar surface area (TPSA) is 93.2 Å². The van der Waals surface area contributed by atoms with Gasteiger partial charge >= 0.3 is 0 Å². The number of rotatable bonds is 12. The Balaban J connectivity index is 1.02. The van der Waals surface area contributed by atoms with Crippen LogP contribution < -0.4 is 14.4 Å². The summed E-state index contributed by atoms with van der Waals surface area (Å²) in [6.45, 7) is 10.2. The minimum atomic E-state index is -0.498. The fourth-order valence-corrected chi connectivity index (χ4v) is 7.83. The van der Waals surface area contributed by atoms with Crippen molar-refractivity contribution in [1.29, 1.82) is 0 Å². The van der Waals surface area contributed by atoms with E-state index in [1.54, 1.807) is 18.2 Å². The smallest absolute Gasteiger partial charge is 0.257 e. The Morgan fingerprint density at radius 1 is 1.06 bits per heavy atom. The van der Waals surface area contributed by atoms with Gasteiger partial charge in [0.15, 0.2) is 11.6 Å². The van der Waals surface area contributed by atoms with Crippen molar-refractivity contribution in [3.05, 3.63) is 102 Å². The van der Waals surface area contributed by atoms with Gasteiger partial charge in [-0.2, -0.15) is 0 Å². The molecule has 10 nitrogen and oxygen atoms in total. The van der Waals surface area contributed by atoms with Crippen molar-refractivity contribution in [2.75, 3.05) is 44.8 Å². The number of hydrogen-bond donors (Lipinski definition) is 0. The molecule has 2 aromatic carbocycles. The van der Waals surface area contributed by atoms with E-state index in [4.69, 9.17) is 19.2 Å². The maximum atomic E-state index is 14.3. The first-order valence-electron chi connectivity index (χ1n) is 17.5. The largest absolute Gasteiger partial charge is 0.490 e. The number of hydrogen-bond acceptors (Lipinski definition) is 9. The summed E-state index contributed by atoms with van der Waals surface area (Å²) in [5.41, 5.74) is 3.80. The lowest BCUT2D eigenvalue weighted by molar-refractivity contribution is -0.0362. The predicted octanol–water partition coefficient (Wildman–Crippen LogP) is 6.47. The molecule has 1 saturated carbocycles. The molecular formula is C39H45FN6O4. The number of methoxy groups -OCH3 is 1. The third-order valence-corrected chi connectivity index (χ3v) is 10.2. The van der Waals surface area contributed by atoms with Crippen LogP contribution in [0, 0.1) is 11.2 Å². The molecule has 1 aliphatic carbocycles. The number of amides is 1. The zero-order valence-electron chi connectivity index (χ0n) is 29.2. The van der Waals surface area contributed by atoms with Crippen LogP contribution in [-0.4, -0.2) is 82.7 Å². The molecule has 1 amide bonds. The number of halogens is 1. The number of anilines is 1. The molecule has 1 unspecified atom stereocenters. The summed E-state index contributed by atoms with van der Waals surface area (Å²) >= 11 is 0. The molecule has 4 aromatic rings. The standard InChI is InChI=1S/C39H45FN6O4/c1-5-46(26(2)3)38(47)30-17-28(40)11-12-33(30)50-35-20-41-25-43-37(35)45-23-39(24-45)18-29(19-39)49-34-13-15-42-31-14-16-44(32(22-48-4)36(31)34)21-27-9-7-6-8-10-27/h6-13,15,17,20,25-26,29,32H,5,14,16,18-19,21-24H2,1-4H3. The monoisotopic (exact) mass is 680 g/mol. The number of ether oxygens (including phenoxy) is 3. The number of fused-ring (bicyclic) bond motifs is 1. The molecule has 0 radical (unpaired) electrons. The Morgan fingerprint density at radius 3 is 2.60 bits per heavy atom. The average molecular weight is 681 g/mol. The number of carbonyl (C=O) groups excluding carboxylic acids is 1. The van der Waals surface area contributed by atoms with Crippen molar-refractivity contribution in [3.8, 4) is 17.2 Å². The molecule has 2 fully saturated rings. The van der Waals surface area contributed by atoms with Gasteiger partial charge in [-0.1, -0.05) is 30.3 Å². The minimum absolute atomic E-state index is 0.0445. The van der Waals surface area contributed by atoms with Crippen LogP contribution in [0.25, 0.3) is 0 Å². The van der Waals surface area contributed by atoms with Crippen LogP contribution in [0.5, 0.6) is 17.2 Å². The Bertz CT molecular complexity index is 1810. The van der Waals surface area contributed by atoms with Gasteiger partial charge in [0.1, 0.15) is 29.7 Å². The summed E-state index contributed by atoms with van der Waals surface area (Å²) in [6, 6.07) is 16.6. The molecule has 262 valence electrons. The molecule has 1 spiro atoms. The van der Waals surface area contributed by atoms with E-state index < -0.39 is 5.82 Å². The summed E-state index contributed by atoms with van der Waals surface area (Å²) in [5, 5.41) is 0. The predicted molar refractivity (Wildman–Crippen MR) is 188 cm³/mol. The number of carbonyl (C=O) groups is 1. The highest BCUT2D eigenvalue weighted by Crippen LogP contribution is 2.52. The lowest BCUT2D eigenvalue weighted by Crippen LogP contribution is -2.65. The third kappa shape index (κ3) is 6.76. The van der Waals surface area contributed by atoms with Crippen molar-refractivity contribution in [2.45, 2.75) is 64.8 Å². The zero-order chi connectivity index (χ0) is 34.8. The Labute approximate surface area is 293 Å². The van der Waals surface area contributed by atoms with Gasteiger partial charge in [0.2, 0.25) is 0 Å². The SMILES string of the molecule is CCN(C(=O)c1cc(F)ccc1Oc1cncnc1N1CC2(CC(Oc3ccnc4c3C(COC)N(Cc3ccccc3)CC4)C2)C1)C(C)C. The molecular weight excluding hydrogens is 635 g/mol. The minimum Gasteiger partial charge on any atom is -0.490 e. The maximum Gasteiger partial charge on any atom is 0.257 e. The van der Waals surface area contributed by atoms with Crippen LogP contribution in [0.15, 0.2) is 73.3 Å². The number of aromatic nitrogens is 3. The molecule has 1 saturated heterocycles. The van der Waals surface area contributed by atoms with E-state index in [-0.39, 0.29) is 40.8 Å². The molecule has 0 bridgehead atoms. The molecule has 7 rings (SSSR count). The first kappa shape index (κ1) is 33.9. The fourth-order valence-electron chi connectivity index (χ4n) is 7.83. The van der Waals surface area contributed by atoms with Gasteiger partial charge in [0.05, 0.1) is 30.1 Å². The lowest BCUT2D eigenvalue weighted by atomic mass is 9.61. The van der Waals surface area contributed by atoms with Crippen LogP contribution in [0.2, 0.25) is 0 Å². The maximum absolute atomic E-state index is 14.3. The molecule has 0 N–H and O–H groups in total. The van der Waals surface area contributed by atoms with E-state index in [9.17, 15) is 9.18 Å². The van der Waals surface area contributed by atoms with E-state index in [2.05, 4.69) is 44.0 Å². The lowest BCUT2D eigenvalue weighted by Gasteiger charge is -2.59. The molecule has 50 heavy (non-hydrogen) atoms. The second-order valence-corrected chi connectivity index (χ2v) is 14.0. The highest BCUT2D eigenvalue weighted by Gasteiger charge is 2.54. The van der Waals surface area contributed by atoms with Crippen molar-refractivity contribution in [3.63, 3.8) is 0 Å². The van der Waals surface area contributed by atoms with Crippen molar-refractivity contribution in [2.24, 2.45) is 5.41 Å². The summed E-state index contributed by atoms with van der Waals surface area (Å²) in [4.78, 5) is 33.2. The van der Waals surface area contributed by atoms with Crippen LogP contribution in [-0.2, 0) is 17.7 Å². The molecule has 11 heteroatoms. The van der Waals surface area contributed by atoms with Crippen molar-refractivity contribution in [1.82, 2.24) is 24.8 Å². The number of nitrogens with zero attached hydrogens (tertiary/aromatic N) is 6. The van der Waals surface area contributed by atoms with Crippen molar-refractivity contribution >= 4 is 11.7 Å². The van der Waals surface area contributed by atoms with E-state index in [1.807, 2.05) is 39.1 Å². The Hall–Kier alpha value is -4.61. The summed E-state index contributed by atoms with van der Waals surface area (Å²) in [6.07, 6.45) is 7.80. The van der Waals surface area contributed by atoms with Crippen LogP contribution >= 0.6 is 0 Å². The first-order chi connectivity index (χ1) is 24.3. The van der Waals surface area contributed by atoms with E-state index in [0.717, 1.165) is 62.4 Å². The van der Waals surface area contributed by atoms with Gasteiger partial charge in [-0.15, -0.1) is 0 Å². The number of pyridine rings is 1. The van der Waals surface area contributed by atoms with Gasteiger partial charge in [-0.05, 0) is 63.4 Å². The Kier molecular flexibility index (Phi) is 9.70. The quantitative estimate of drug-likeness (QED) is 0.167. The van der Waals surface area contributed by atoms with Gasteiger partial charge in [-0.3, -0.25) is 14.7 Å². The second-order valence-electron chi connectivity index (χ2n) is 14.0. The average Bonchev–Trinajstić information content (AvgIpc) is 3.08. The van der Waals surface area contributed by atoms with Gasteiger partial charge in [-0.25, -0.2) is 14.4 Å². The molecule has 4 heterocycles. The van der Waals surface area contributed by atoms with Gasteiger partial charge < -0.3 is 24.0 Å². The summed E-state index contributed by atoms with van der Waals surface area (Å²) < 4.78 is 33.1. The van der Waals surface area contributed by atoms with Crippen LogP contribution in [0.1, 0.15) is 66.8 Å². The van der Waals surface area contributed by atoms with E-state index in [1.165, 1.54) is 30.1 Å². The Morgan fingerprint density at radius 2 is 1.86 bits per heavy atom. The van der Waals surface area contributed by atoms with Crippen LogP contribution in [0.3, 0.4) is 0 Å². The molecule has 2 aromatic heterocycles. The summed E-state index contributed by atoms with van der Waals surface area (Å²) in [5.74, 6) is 1.47. The van der Waals surface area contributed by atoms with Crippen LogP contribution in [0.4, 0.5) is 10.2 Å². The van der Waals surface area contributed by atoms with E-state index >= 15 is 0 Å². The molecule has 3 aliphatic rings. The highest BCUT2D eigenvalue weighted by molar-refractivity contribution is 5.97. The fraction of sp³-hybridized carbons (Fsp3) is 0.436. The highest BCUT2D eigenvalue weighted by atomic mass is 19.1. The third-order valence-electron chi connectivity index (χ3n) is 10.2. The van der Waals surface area contributed by atoms with E-state index in [0.29, 0.717) is 24.7 Å².